The Morgan fingerprint density at radius 3 is 2.56 bits per heavy atom. The van der Waals surface area contributed by atoms with Crippen molar-refractivity contribution < 1.29 is 8.78 Å². The molecule has 2 nitrogen and oxygen atoms in total. The van der Waals surface area contributed by atoms with Crippen molar-refractivity contribution in [2.75, 3.05) is 32.9 Å². The second kappa shape index (κ2) is 7.38. The van der Waals surface area contributed by atoms with Crippen LogP contribution in [0.1, 0.15) is 11.6 Å². The standard InChI is InChI=1S/C12H15BrF2N2.ClH/c13-10-7-9(1-2-11(10)15)12(8-14)17-5-3-16-4-6-17;/h1-2,7,12,16H,3-6,8H2;1H/t12-;/m0./s1. The lowest BCUT2D eigenvalue weighted by Crippen LogP contribution is -2.45. The van der Waals surface area contributed by atoms with Crippen LogP contribution in [0.4, 0.5) is 8.78 Å². The van der Waals surface area contributed by atoms with E-state index in [9.17, 15) is 8.78 Å². The molecule has 0 aliphatic carbocycles. The summed E-state index contributed by atoms with van der Waals surface area (Å²) in [7, 11) is 0. The van der Waals surface area contributed by atoms with E-state index in [4.69, 9.17) is 0 Å². The van der Waals surface area contributed by atoms with Crippen LogP contribution < -0.4 is 5.32 Å². The van der Waals surface area contributed by atoms with Gasteiger partial charge in [-0.25, -0.2) is 8.78 Å². The Bertz CT molecular complexity index is 386. The average molecular weight is 342 g/mol. The van der Waals surface area contributed by atoms with Gasteiger partial charge in [0.2, 0.25) is 0 Å². The Morgan fingerprint density at radius 1 is 1.33 bits per heavy atom. The van der Waals surface area contributed by atoms with E-state index in [0.717, 1.165) is 31.7 Å². The molecule has 0 spiro atoms. The Kier molecular flexibility index (Phi) is 6.49. The molecule has 1 saturated heterocycles. The van der Waals surface area contributed by atoms with Crippen LogP contribution in [0, 0.1) is 5.82 Å². The zero-order valence-electron chi connectivity index (χ0n) is 9.83. The van der Waals surface area contributed by atoms with Crippen LogP contribution in [0.5, 0.6) is 0 Å². The number of nitrogens with one attached hydrogen (secondary N) is 1. The first kappa shape index (κ1) is 15.8. The van der Waals surface area contributed by atoms with Crippen molar-refractivity contribution in [3.8, 4) is 0 Å². The molecule has 1 aromatic rings. The zero-order valence-corrected chi connectivity index (χ0v) is 12.2. The van der Waals surface area contributed by atoms with Crippen LogP contribution in [-0.4, -0.2) is 37.8 Å². The van der Waals surface area contributed by atoms with E-state index >= 15 is 0 Å². The molecule has 1 fully saturated rings. The average Bonchev–Trinajstić information content (AvgIpc) is 2.36. The van der Waals surface area contributed by atoms with Crippen LogP contribution in [0.3, 0.4) is 0 Å². The molecular weight excluding hydrogens is 325 g/mol. The van der Waals surface area contributed by atoms with Crippen molar-refractivity contribution in [3.05, 3.63) is 34.1 Å². The summed E-state index contributed by atoms with van der Waals surface area (Å²) in [5.41, 5.74) is 0.822. The highest BCUT2D eigenvalue weighted by atomic mass is 79.9. The van der Waals surface area contributed by atoms with Gasteiger partial charge in [-0.3, -0.25) is 4.90 Å². The van der Waals surface area contributed by atoms with E-state index in [1.807, 2.05) is 0 Å². The largest absolute Gasteiger partial charge is 0.314 e. The van der Waals surface area contributed by atoms with Gasteiger partial charge in [-0.2, -0.15) is 0 Å². The fourth-order valence-corrected chi connectivity index (χ4v) is 2.51. The summed E-state index contributed by atoms with van der Waals surface area (Å²) in [5.74, 6) is -0.313. The normalized spacial score (nSPS) is 18.2. The Balaban J connectivity index is 0.00000162. The quantitative estimate of drug-likeness (QED) is 0.909. The van der Waals surface area contributed by atoms with Gasteiger partial charge in [0.05, 0.1) is 10.5 Å². The molecule has 1 aliphatic heterocycles. The number of nitrogens with zero attached hydrogens (tertiary/aromatic N) is 1. The third-order valence-corrected chi connectivity index (χ3v) is 3.67. The van der Waals surface area contributed by atoms with Crippen molar-refractivity contribution in [2.45, 2.75) is 6.04 Å². The van der Waals surface area contributed by atoms with E-state index in [2.05, 4.69) is 26.1 Å². The summed E-state index contributed by atoms with van der Waals surface area (Å²) in [6.45, 7) is 2.95. The van der Waals surface area contributed by atoms with Gasteiger partial charge in [0.25, 0.3) is 0 Å². The lowest BCUT2D eigenvalue weighted by atomic mass is 10.1. The van der Waals surface area contributed by atoms with Crippen LogP contribution in [0.25, 0.3) is 0 Å². The smallest absolute Gasteiger partial charge is 0.137 e. The number of benzene rings is 1. The number of hydrogen-bond acceptors (Lipinski definition) is 2. The summed E-state index contributed by atoms with van der Waals surface area (Å²) >= 11 is 3.14. The number of hydrogen-bond donors (Lipinski definition) is 1. The van der Waals surface area contributed by atoms with Crippen molar-refractivity contribution in [3.63, 3.8) is 0 Å². The molecule has 1 atom stereocenters. The van der Waals surface area contributed by atoms with Crippen molar-refractivity contribution in [2.24, 2.45) is 0 Å². The van der Waals surface area contributed by atoms with E-state index in [1.165, 1.54) is 6.07 Å². The van der Waals surface area contributed by atoms with Crippen LogP contribution in [0.15, 0.2) is 22.7 Å². The molecule has 1 aliphatic rings. The second-order valence-electron chi connectivity index (χ2n) is 4.13. The maximum Gasteiger partial charge on any atom is 0.137 e. The van der Waals surface area contributed by atoms with Gasteiger partial charge in [-0.15, -0.1) is 12.4 Å². The molecule has 1 heterocycles. The van der Waals surface area contributed by atoms with Gasteiger partial charge < -0.3 is 5.32 Å². The summed E-state index contributed by atoms with van der Waals surface area (Å²) in [6.07, 6.45) is 0. The highest BCUT2D eigenvalue weighted by Gasteiger charge is 2.22. The van der Waals surface area contributed by atoms with Gasteiger partial charge in [0.1, 0.15) is 12.5 Å². The number of piperazine rings is 1. The fourth-order valence-electron chi connectivity index (χ4n) is 2.11. The Hall–Kier alpha value is -0.230. The van der Waals surface area contributed by atoms with Crippen molar-refractivity contribution >= 4 is 28.3 Å². The van der Waals surface area contributed by atoms with E-state index in [0.29, 0.717) is 4.47 Å². The van der Waals surface area contributed by atoms with E-state index < -0.39 is 6.67 Å². The van der Waals surface area contributed by atoms with Gasteiger partial charge in [-0.1, -0.05) is 6.07 Å². The molecule has 1 N–H and O–H groups in total. The number of alkyl halides is 1. The predicted molar refractivity (Wildman–Crippen MR) is 74.5 cm³/mol. The maximum absolute atomic E-state index is 13.2. The zero-order chi connectivity index (χ0) is 12.3. The minimum absolute atomic E-state index is 0. The highest BCUT2D eigenvalue weighted by molar-refractivity contribution is 9.10. The maximum atomic E-state index is 13.2. The molecule has 18 heavy (non-hydrogen) atoms. The van der Waals surface area contributed by atoms with Gasteiger partial charge >= 0.3 is 0 Å². The molecule has 0 radical (unpaired) electrons. The molecule has 1 aromatic carbocycles. The molecule has 0 saturated carbocycles. The lowest BCUT2D eigenvalue weighted by molar-refractivity contribution is 0.147. The van der Waals surface area contributed by atoms with Crippen LogP contribution >= 0.6 is 28.3 Å². The molecule has 0 aromatic heterocycles. The van der Waals surface area contributed by atoms with Gasteiger partial charge in [0.15, 0.2) is 0 Å². The Labute approximate surface area is 120 Å². The molecular formula is C12H16BrClF2N2. The monoisotopic (exact) mass is 340 g/mol. The van der Waals surface area contributed by atoms with E-state index in [-0.39, 0.29) is 24.3 Å². The first-order valence-electron chi connectivity index (χ1n) is 5.68. The summed E-state index contributed by atoms with van der Waals surface area (Å²) < 4.78 is 26.7. The molecule has 0 bridgehead atoms. The predicted octanol–water partition coefficient (Wildman–Crippen LogP) is 2.93. The minimum Gasteiger partial charge on any atom is -0.314 e. The molecule has 102 valence electrons. The lowest BCUT2D eigenvalue weighted by Gasteiger charge is -2.33. The Morgan fingerprint density at radius 2 is 2.00 bits per heavy atom. The summed E-state index contributed by atoms with van der Waals surface area (Å²) in [4.78, 5) is 2.09. The number of halogens is 4. The SMILES string of the molecule is Cl.FC[C@@H](c1ccc(F)c(Br)c1)N1CCNCC1. The molecule has 0 amide bonds. The van der Waals surface area contributed by atoms with Gasteiger partial charge in [0, 0.05) is 26.2 Å². The molecule has 6 heteroatoms. The van der Waals surface area contributed by atoms with Crippen molar-refractivity contribution in [1.82, 2.24) is 10.2 Å². The van der Waals surface area contributed by atoms with Crippen LogP contribution in [-0.2, 0) is 0 Å². The molecule has 2 rings (SSSR count). The molecule has 0 unspecified atom stereocenters. The van der Waals surface area contributed by atoms with E-state index in [1.54, 1.807) is 12.1 Å². The first-order valence-corrected chi connectivity index (χ1v) is 6.47. The first-order chi connectivity index (χ1) is 8.22. The summed E-state index contributed by atoms with van der Waals surface area (Å²) in [6, 6.07) is 4.44. The van der Waals surface area contributed by atoms with Crippen molar-refractivity contribution in [1.29, 1.82) is 0 Å². The fraction of sp³-hybridized carbons (Fsp3) is 0.500. The van der Waals surface area contributed by atoms with Crippen LogP contribution in [0.2, 0.25) is 0 Å². The third-order valence-electron chi connectivity index (χ3n) is 3.07. The van der Waals surface area contributed by atoms with Gasteiger partial charge in [-0.05, 0) is 33.6 Å². The second-order valence-corrected chi connectivity index (χ2v) is 4.98. The third kappa shape index (κ3) is 3.63. The highest BCUT2D eigenvalue weighted by Crippen LogP contribution is 2.26. The summed E-state index contributed by atoms with van der Waals surface area (Å²) in [5, 5.41) is 3.23. The number of rotatable bonds is 3. The topological polar surface area (TPSA) is 15.3 Å². The minimum atomic E-state index is -0.446.